The molecule has 0 radical (unpaired) electrons. The van der Waals surface area contributed by atoms with Crippen molar-refractivity contribution >= 4 is 33.1 Å². The first kappa shape index (κ1) is 14.9. The first-order chi connectivity index (χ1) is 9.47. The van der Waals surface area contributed by atoms with Crippen LogP contribution in [0.4, 0.5) is 4.39 Å². The van der Waals surface area contributed by atoms with Crippen molar-refractivity contribution in [3.8, 4) is 5.75 Å². The van der Waals surface area contributed by atoms with Crippen molar-refractivity contribution < 1.29 is 9.13 Å². The van der Waals surface area contributed by atoms with Crippen LogP contribution in [-0.4, -0.2) is 4.99 Å². The largest absolute Gasteiger partial charge is 0.489 e. The molecule has 0 bridgehead atoms. The Labute approximate surface area is 130 Å². The number of hydrogen-bond donors (Lipinski definition) is 1. The van der Waals surface area contributed by atoms with Gasteiger partial charge in [-0.15, -0.1) is 0 Å². The van der Waals surface area contributed by atoms with Gasteiger partial charge in [0.15, 0.2) is 0 Å². The molecule has 2 nitrogen and oxygen atoms in total. The smallest absolute Gasteiger partial charge is 0.137 e. The number of rotatable bonds is 4. The van der Waals surface area contributed by atoms with Crippen molar-refractivity contribution in [2.75, 3.05) is 0 Å². The number of nitrogens with two attached hydrogens (primary N) is 1. The molecular weight excluding hydrogens is 341 g/mol. The van der Waals surface area contributed by atoms with E-state index >= 15 is 0 Å². The lowest BCUT2D eigenvalue weighted by molar-refractivity contribution is 0.304. The van der Waals surface area contributed by atoms with Crippen LogP contribution in [-0.2, 0) is 6.61 Å². The van der Waals surface area contributed by atoms with Crippen LogP contribution < -0.4 is 10.5 Å². The summed E-state index contributed by atoms with van der Waals surface area (Å²) in [5, 5.41) is 0. The van der Waals surface area contributed by atoms with Crippen LogP contribution in [0.15, 0.2) is 40.9 Å². The van der Waals surface area contributed by atoms with Crippen molar-refractivity contribution in [2.24, 2.45) is 5.73 Å². The second kappa shape index (κ2) is 6.33. The van der Waals surface area contributed by atoms with E-state index in [4.69, 9.17) is 22.7 Å². The molecule has 0 aliphatic rings. The molecule has 0 fully saturated rings. The van der Waals surface area contributed by atoms with Crippen LogP contribution >= 0.6 is 28.1 Å². The predicted octanol–water partition coefficient (Wildman–Crippen LogP) is 4.11. The summed E-state index contributed by atoms with van der Waals surface area (Å²) < 4.78 is 19.3. The lowest BCUT2D eigenvalue weighted by atomic mass is 10.1. The van der Waals surface area contributed by atoms with Gasteiger partial charge in [-0.3, -0.25) is 0 Å². The Hall–Kier alpha value is -1.46. The quantitative estimate of drug-likeness (QED) is 0.840. The standard InChI is InChI=1S/C15H13BrFNOS/c1-9-2-4-11(15(18)20)7-14(9)19-8-10-3-5-13(17)12(16)6-10/h2-7H,8H2,1H3,(H2,18,20). The summed E-state index contributed by atoms with van der Waals surface area (Å²) in [5.41, 5.74) is 8.23. The average molecular weight is 354 g/mol. The molecule has 0 aromatic heterocycles. The van der Waals surface area contributed by atoms with Crippen molar-refractivity contribution in [1.82, 2.24) is 0 Å². The number of aryl methyl sites for hydroxylation is 1. The van der Waals surface area contributed by atoms with Gasteiger partial charge in [-0.05, 0) is 52.2 Å². The number of halogens is 2. The maximum absolute atomic E-state index is 13.2. The van der Waals surface area contributed by atoms with E-state index in [0.717, 1.165) is 22.4 Å². The van der Waals surface area contributed by atoms with Crippen molar-refractivity contribution in [3.05, 3.63) is 63.4 Å². The fraction of sp³-hybridized carbons (Fsp3) is 0.133. The third kappa shape index (κ3) is 3.55. The zero-order valence-electron chi connectivity index (χ0n) is 10.8. The van der Waals surface area contributed by atoms with E-state index in [0.29, 0.717) is 16.1 Å². The monoisotopic (exact) mass is 353 g/mol. The summed E-state index contributed by atoms with van der Waals surface area (Å²) in [6.45, 7) is 2.29. The Morgan fingerprint density at radius 2 is 2.05 bits per heavy atom. The topological polar surface area (TPSA) is 35.2 Å². The minimum absolute atomic E-state index is 0.291. The molecule has 20 heavy (non-hydrogen) atoms. The van der Waals surface area contributed by atoms with E-state index < -0.39 is 0 Å². The molecule has 2 aromatic carbocycles. The first-order valence-corrected chi connectivity index (χ1v) is 7.14. The van der Waals surface area contributed by atoms with E-state index in [1.54, 1.807) is 12.1 Å². The summed E-state index contributed by atoms with van der Waals surface area (Å²) in [4.78, 5) is 0.333. The van der Waals surface area contributed by atoms with E-state index in [1.165, 1.54) is 6.07 Å². The Bertz CT molecular complexity index is 660. The summed E-state index contributed by atoms with van der Waals surface area (Å²) in [6.07, 6.45) is 0. The Morgan fingerprint density at radius 3 is 2.70 bits per heavy atom. The Morgan fingerprint density at radius 1 is 1.30 bits per heavy atom. The SMILES string of the molecule is Cc1ccc(C(N)=S)cc1OCc1ccc(F)c(Br)c1. The molecule has 0 saturated heterocycles. The molecule has 2 aromatic rings. The predicted molar refractivity (Wildman–Crippen MR) is 85.5 cm³/mol. The zero-order valence-corrected chi connectivity index (χ0v) is 13.2. The molecule has 0 aliphatic heterocycles. The molecular formula is C15H13BrFNOS. The number of thiocarbonyl (C=S) groups is 1. The van der Waals surface area contributed by atoms with Gasteiger partial charge in [-0.25, -0.2) is 4.39 Å². The molecule has 0 spiro atoms. The average Bonchev–Trinajstić information content (AvgIpc) is 2.41. The van der Waals surface area contributed by atoms with E-state index in [1.807, 2.05) is 25.1 Å². The second-order valence-corrected chi connectivity index (χ2v) is 5.68. The molecule has 0 amide bonds. The van der Waals surface area contributed by atoms with E-state index in [2.05, 4.69) is 15.9 Å². The summed E-state index contributed by atoms with van der Waals surface area (Å²) in [5.74, 6) is 0.427. The normalized spacial score (nSPS) is 10.3. The maximum atomic E-state index is 13.2. The van der Waals surface area contributed by atoms with Gasteiger partial charge in [0.05, 0.1) is 4.47 Å². The highest BCUT2D eigenvalue weighted by atomic mass is 79.9. The number of benzene rings is 2. The van der Waals surface area contributed by atoms with Crippen molar-refractivity contribution in [1.29, 1.82) is 0 Å². The highest BCUT2D eigenvalue weighted by Gasteiger charge is 2.05. The zero-order chi connectivity index (χ0) is 14.7. The van der Waals surface area contributed by atoms with Gasteiger partial charge in [-0.2, -0.15) is 0 Å². The van der Waals surface area contributed by atoms with E-state index in [-0.39, 0.29) is 5.82 Å². The minimum atomic E-state index is -0.291. The molecule has 2 N–H and O–H groups in total. The molecule has 0 unspecified atom stereocenters. The minimum Gasteiger partial charge on any atom is -0.489 e. The summed E-state index contributed by atoms with van der Waals surface area (Å²) >= 11 is 8.10. The Balaban J connectivity index is 2.15. The molecule has 5 heteroatoms. The van der Waals surface area contributed by atoms with Crippen LogP contribution in [0.3, 0.4) is 0 Å². The fourth-order valence-corrected chi connectivity index (χ4v) is 2.25. The number of hydrogen-bond acceptors (Lipinski definition) is 2. The first-order valence-electron chi connectivity index (χ1n) is 5.94. The van der Waals surface area contributed by atoms with Gasteiger partial charge in [0.2, 0.25) is 0 Å². The van der Waals surface area contributed by atoms with Crippen molar-refractivity contribution in [3.63, 3.8) is 0 Å². The molecule has 0 atom stereocenters. The van der Waals surface area contributed by atoms with Gasteiger partial charge in [-0.1, -0.05) is 30.4 Å². The summed E-state index contributed by atoms with van der Waals surface area (Å²) in [7, 11) is 0. The van der Waals surface area contributed by atoms with Gasteiger partial charge < -0.3 is 10.5 Å². The van der Waals surface area contributed by atoms with E-state index in [9.17, 15) is 4.39 Å². The van der Waals surface area contributed by atoms with Crippen LogP contribution in [0.25, 0.3) is 0 Å². The van der Waals surface area contributed by atoms with Gasteiger partial charge >= 0.3 is 0 Å². The lowest BCUT2D eigenvalue weighted by Gasteiger charge is -2.11. The highest BCUT2D eigenvalue weighted by Crippen LogP contribution is 2.22. The van der Waals surface area contributed by atoms with Crippen LogP contribution in [0.2, 0.25) is 0 Å². The van der Waals surface area contributed by atoms with Gasteiger partial charge in [0.1, 0.15) is 23.2 Å². The third-order valence-corrected chi connectivity index (χ3v) is 3.69. The molecule has 0 aliphatic carbocycles. The van der Waals surface area contributed by atoms with Crippen molar-refractivity contribution in [2.45, 2.75) is 13.5 Å². The molecule has 104 valence electrons. The Kier molecular flexibility index (Phi) is 4.73. The van der Waals surface area contributed by atoms with Gasteiger partial charge in [0.25, 0.3) is 0 Å². The second-order valence-electron chi connectivity index (χ2n) is 4.38. The van der Waals surface area contributed by atoms with Gasteiger partial charge in [0, 0.05) is 5.56 Å². The van der Waals surface area contributed by atoms with Crippen LogP contribution in [0.5, 0.6) is 5.75 Å². The number of ether oxygens (including phenoxy) is 1. The molecule has 0 heterocycles. The summed E-state index contributed by atoms with van der Waals surface area (Å²) in [6, 6.07) is 10.4. The third-order valence-electron chi connectivity index (χ3n) is 2.85. The maximum Gasteiger partial charge on any atom is 0.137 e. The fourth-order valence-electron chi connectivity index (χ4n) is 1.70. The molecule has 0 saturated carbocycles. The molecule has 2 rings (SSSR count). The van der Waals surface area contributed by atoms with Crippen LogP contribution in [0.1, 0.15) is 16.7 Å². The lowest BCUT2D eigenvalue weighted by Crippen LogP contribution is -2.09. The van der Waals surface area contributed by atoms with Crippen LogP contribution in [0, 0.1) is 12.7 Å². The highest BCUT2D eigenvalue weighted by molar-refractivity contribution is 9.10.